The Balaban J connectivity index is 1.80. The average Bonchev–Trinajstić information content (AvgIpc) is 2.61. The van der Waals surface area contributed by atoms with Crippen LogP contribution in [0.4, 0.5) is 0 Å². The molecule has 88 valence electrons. The van der Waals surface area contributed by atoms with Gasteiger partial charge >= 0.3 is 0 Å². The van der Waals surface area contributed by atoms with E-state index in [0.29, 0.717) is 24.2 Å². The fraction of sp³-hybridized carbons (Fsp3) is 0.583. The van der Waals surface area contributed by atoms with Crippen molar-refractivity contribution in [3.05, 3.63) is 22.6 Å². The molecule has 0 atom stereocenters. The van der Waals surface area contributed by atoms with E-state index in [0.717, 1.165) is 23.9 Å². The Kier molecular flexibility index (Phi) is 3.82. The van der Waals surface area contributed by atoms with Gasteiger partial charge in [0.15, 0.2) is 11.5 Å². The van der Waals surface area contributed by atoms with Gasteiger partial charge in [0.25, 0.3) is 0 Å². The number of Topliss-reactive ketones (excluding diaryl/α,β-unsaturated/α-hetero) is 1. The summed E-state index contributed by atoms with van der Waals surface area (Å²) in [6, 6.07) is 1.75. The number of ether oxygens (including phenoxy) is 1. The van der Waals surface area contributed by atoms with Crippen LogP contribution in [-0.4, -0.2) is 18.5 Å². The normalized spacial score (nSPS) is 24.1. The summed E-state index contributed by atoms with van der Waals surface area (Å²) in [4.78, 5) is 11.8. The fourth-order valence-electron chi connectivity index (χ4n) is 2.06. The zero-order valence-electron chi connectivity index (χ0n) is 9.24. The molecule has 4 heteroatoms. The molecule has 0 radical (unpaired) electrons. The van der Waals surface area contributed by atoms with Gasteiger partial charge in [-0.15, -0.1) is 0 Å². The zero-order chi connectivity index (χ0) is 11.5. The quantitative estimate of drug-likeness (QED) is 0.779. The Morgan fingerprint density at radius 1 is 1.62 bits per heavy atom. The molecule has 3 nitrogen and oxygen atoms in total. The summed E-state index contributed by atoms with van der Waals surface area (Å²) in [6.07, 6.45) is 4.45. The lowest BCUT2D eigenvalue weighted by Gasteiger charge is -2.34. The van der Waals surface area contributed by atoms with E-state index in [1.165, 1.54) is 6.26 Å². The van der Waals surface area contributed by atoms with Gasteiger partial charge in [-0.3, -0.25) is 4.79 Å². The fourth-order valence-corrected chi connectivity index (χ4v) is 2.48. The molecule has 0 bridgehead atoms. The summed E-state index contributed by atoms with van der Waals surface area (Å²) in [7, 11) is 0. The van der Waals surface area contributed by atoms with Gasteiger partial charge in [-0.1, -0.05) is 0 Å². The van der Waals surface area contributed by atoms with Gasteiger partial charge < -0.3 is 9.15 Å². The number of carbonyl (C=O) groups excluding carboxylic acids is 1. The lowest BCUT2D eigenvalue weighted by atomic mass is 9.79. The summed E-state index contributed by atoms with van der Waals surface area (Å²) in [5.41, 5.74) is 0. The van der Waals surface area contributed by atoms with Crippen LogP contribution in [0.3, 0.4) is 0 Å². The summed E-state index contributed by atoms with van der Waals surface area (Å²) >= 11 is 3.29. The lowest BCUT2D eigenvalue weighted by molar-refractivity contribution is -0.0247. The third-order valence-electron chi connectivity index (χ3n) is 2.94. The molecule has 0 spiro atoms. The summed E-state index contributed by atoms with van der Waals surface area (Å²) < 4.78 is 11.4. The van der Waals surface area contributed by atoms with Crippen LogP contribution in [0.15, 0.2) is 21.2 Å². The van der Waals surface area contributed by atoms with Gasteiger partial charge in [-0.2, -0.15) is 0 Å². The number of hydrogen-bond acceptors (Lipinski definition) is 3. The van der Waals surface area contributed by atoms with Crippen molar-refractivity contribution in [1.29, 1.82) is 0 Å². The van der Waals surface area contributed by atoms with Gasteiger partial charge in [-0.25, -0.2) is 0 Å². The Hall–Kier alpha value is -0.610. The molecule has 0 N–H and O–H groups in total. The highest BCUT2D eigenvalue weighted by Gasteiger charge is 2.32. The first kappa shape index (κ1) is 11.9. The maximum Gasteiger partial charge on any atom is 0.199 e. The Morgan fingerprint density at radius 2 is 2.38 bits per heavy atom. The molecular weight excluding hydrogens is 272 g/mol. The average molecular weight is 287 g/mol. The molecule has 1 fully saturated rings. The van der Waals surface area contributed by atoms with Crippen molar-refractivity contribution in [3.8, 4) is 0 Å². The minimum atomic E-state index is 0.0804. The highest BCUT2D eigenvalue weighted by atomic mass is 79.9. The van der Waals surface area contributed by atoms with Gasteiger partial charge in [0.2, 0.25) is 0 Å². The number of rotatable bonds is 5. The highest BCUT2D eigenvalue weighted by molar-refractivity contribution is 9.10. The zero-order valence-corrected chi connectivity index (χ0v) is 10.8. The first-order valence-electron chi connectivity index (χ1n) is 5.58. The van der Waals surface area contributed by atoms with E-state index in [4.69, 9.17) is 9.15 Å². The third kappa shape index (κ3) is 2.55. The molecule has 0 aromatic carbocycles. The van der Waals surface area contributed by atoms with Crippen LogP contribution in [0, 0.1) is 5.92 Å². The minimum Gasteiger partial charge on any atom is -0.460 e. The summed E-state index contributed by atoms with van der Waals surface area (Å²) in [6.45, 7) is 2.76. The van der Waals surface area contributed by atoms with Crippen molar-refractivity contribution >= 4 is 21.7 Å². The van der Waals surface area contributed by atoms with E-state index in [1.54, 1.807) is 6.07 Å². The molecule has 0 aliphatic heterocycles. The molecule has 0 unspecified atom stereocenters. The van der Waals surface area contributed by atoms with Crippen LogP contribution in [0.25, 0.3) is 0 Å². The van der Waals surface area contributed by atoms with Crippen LogP contribution >= 0.6 is 15.9 Å². The van der Waals surface area contributed by atoms with Gasteiger partial charge in [0, 0.05) is 13.0 Å². The van der Waals surface area contributed by atoms with E-state index < -0.39 is 0 Å². The third-order valence-corrected chi connectivity index (χ3v) is 3.56. The Bertz CT molecular complexity index is 366. The number of ketones is 1. The molecule has 2 rings (SSSR count). The molecule has 1 aliphatic rings. The minimum absolute atomic E-state index is 0.0804. The second-order valence-corrected chi connectivity index (χ2v) is 4.99. The van der Waals surface area contributed by atoms with Gasteiger partial charge in [0.05, 0.1) is 16.8 Å². The summed E-state index contributed by atoms with van der Waals surface area (Å²) in [5, 5.41) is 0. The molecule has 1 aliphatic carbocycles. The predicted octanol–water partition coefficient (Wildman–Crippen LogP) is 3.43. The van der Waals surface area contributed by atoms with E-state index in [-0.39, 0.29) is 5.78 Å². The van der Waals surface area contributed by atoms with E-state index in [1.807, 2.05) is 6.92 Å². The monoisotopic (exact) mass is 286 g/mol. The van der Waals surface area contributed by atoms with Crippen molar-refractivity contribution in [3.63, 3.8) is 0 Å². The number of furan rings is 1. The Morgan fingerprint density at radius 3 is 2.94 bits per heavy atom. The van der Waals surface area contributed by atoms with Crippen molar-refractivity contribution in [2.24, 2.45) is 5.92 Å². The predicted molar refractivity (Wildman–Crippen MR) is 63.5 cm³/mol. The first-order chi connectivity index (χ1) is 7.70. The van der Waals surface area contributed by atoms with E-state index in [9.17, 15) is 4.79 Å². The molecule has 1 saturated carbocycles. The Labute approximate surface area is 103 Å². The van der Waals surface area contributed by atoms with Crippen molar-refractivity contribution in [1.82, 2.24) is 0 Å². The molecular formula is C12H15BrO3. The van der Waals surface area contributed by atoms with Crippen molar-refractivity contribution in [2.45, 2.75) is 32.3 Å². The lowest BCUT2D eigenvalue weighted by Crippen LogP contribution is -2.32. The topological polar surface area (TPSA) is 39.4 Å². The second-order valence-electron chi connectivity index (χ2n) is 4.14. The van der Waals surface area contributed by atoms with Crippen LogP contribution in [-0.2, 0) is 4.74 Å². The molecule has 1 aromatic heterocycles. The molecule has 1 aromatic rings. The highest BCUT2D eigenvalue weighted by Crippen LogP contribution is 2.34. The van der Waals surface area contributed by atoms with Crippen molar-refractivity contribution in [2.75, 3.05) is 6.61 Å². The van der Waals surface area contributed by atoms with E-state index >= 15 is 0 Å². The molecule has 1 heterocycles. The van der Waals surface area contributed by atoms with Gasteiger partial charge in [-0.05, 0) is 47.7 Å². The van der Waals surface area contributed by atoms with Gasteiger partial charge in [0.1, 0.15) is 0 Å². The first-order valence-corrected chi connectivity index (χ1v) is 6.37. The molecule has 0 saturated heterocycles. The maximum absolute atomic E-state index is 11.8. The summed E-state index contributed by atoms with van der Waals surface area (Å²) in [5.74, 6) is 0.984. The van der Waals surface area contributed by atoms with E-state index in [2.05, 4.69) is 15.9 Å². The largest absolute Gasteiger partial charge is 0.460 e. The molecule has 0 amide bonds. The number of halogens is 1. The van der Waals surface area contributed by atoms with Crippen LogP contribution in [0.1, 0.15) is 36.7 Å². The number of hydrogen-bond donors (Lipinski definition) is 0. The standard InChI is InChI=1S/C12H15BrO3/c1-2-15-9-5-8(6-9)7-11(14)12-10(13)3-4-16-12/h3-4,8-9H,2,5-7H2,1H3. The van der Waals surface area contributed by atoms with Crippen molar-refractivity contribution < 1.29 is 13.9 Å². The van der Waals surface area contributed by atoms with Crippen LogP contribution < -0.4 is 0 Å². The van der Waals surface area contributed by atoms with Crippen LogP contribution in [0.5, 0.6) is 0 Å². The maximum atomic E-state index is 11.8. The SMILES string of the molecule is CCOC1CC(CC(=O)c2occc2Br)C1. The number of carbonyl (C=O) groups is 1. The molecule has 16 heavy (non-hydrogen) atoms. The second kappa shape index (κ2) is 5.15. The smallest absolute Gasteiger partial charge is 0.199 e. The van der Waals surface area contributed by atoms with Crippen LogP contribution in [0.2, 0.25) is 0 Å².